The van der Waals surface area contributed by atoms with Crippen LogP contribution in [0.4, 0.5) is 0 Å². The van der Waals surface area contributed by atoms with Gasteiger partial charge in [0.25, 0.3) is 0 Å². The second-order valence-corrected chi connectivity index (χ2v) is 6.14. The topological polar surface area (TPSA) is 41.1 Å². The van der Waals surface area contributed by atoms with Crippen LogP contribution in [0.1, 0.15) is 43.0 Å². The minimum Gasteiger partial charge on any atom is -0.359 e. The van der Waals surface area contributed by atoms with Crippen LogP contribution in [-0.2, 0) is 11.2 Å². The lowest BCUT2D eigenvalue weighted by Gasteiger charge is -2.25. The minimum absolute atomic E-state index is 0.0856. The number of carbonyl (C=O) groups is 1. The van der Waals surface area contributed by atoms with Crippen LogP contribution in [0.25, 0.3) is 0 Å². The van der Waals surface area contributed by atoms with Crippen LogP contribution in [0.15, 0.2) is 18.2 Å². The van der Waals surface area contributed by atoms with Crippen molar-refractivity contribution in [2.75, 3.05) is 13.6 Å². The summed E-state index contributed by atoms with van der Waals surface area (Å²) in [6.45, 7) is 6.78. The number of hydrogen-bond donors (Lipinski definition) is 2. The fourth-order valence-electron chi connectivity index (χ4n) is 2.73. The van der Waals surface area contributed by atoms with E-state index in [2.05, 4.69) is 35.8 Å². The van der Waals surface area contributed by atoms with Gasteiger partial charge in [-0.1, -0.05) is 23.8 Å². The van der Waals surface area contributed by atoms with Crippen LogP contribution in [0.5, 0.6) is 0 Å². The summed E-state index contributed by atoms with van der Waals surface area (Å²) in [5, 5.41) is 6.29. The van der Waals surface area contributed by atoms with Crippen molar-refractivity contribution in [3.8, 4) is 0 Å². The van der Waals surface area contributed by atoms with Crippen LogP contribution in [0, 0.1) is 12.3 Å². The molecule has 2 rings (SSSR count). The number of hydrogen-bond acceptors (Lipinski definition) is 2. The fourth-order valence-corrected chi connectivity index (χ4v) is 2.73. The second-order valence-electron chi connectivity index (χ2n) is 6.14. The molecule has 0 radical (unpaired) electrons. The maximum absolute atomic E-state index is 11.8. The highest BCUT2D eigenvalue weighted by atomic mass is 16.2. The lowest BCUT2D eigenvalue weighted by molar-refractivity contribution is -0.128. The molecule has 0 saturated carbocycles. The van der Waals surface area contributed by atoms with Crippen LogP contribution in [0.3, 0.4) is 0 Å². The van der Waals surface area contributed by atoms with Gasteiger partial charge in [-0.25, -0.2) is 0 Å². The maximum atomic E-state index is 11.8. The van der Waals surface area contributed by atoms with Crippen molar-refractivity contribution >= 4 is 5.91 Å². The standard InChI is InChI=1S/C16H24N2O/c1-11-5-6-12-7-8-14(13(12)9-11)18-10-16(2,3)15(19)17-4/h5-6,9,14,18H,7-8,10H2,1-4H3,(H,17,19). The summed E-state index contributed by atoms with van der Waals surface area (Å²) < 4.78 is 0. The molecular weight excluding hydrogens is 236 g/mol. The molecule has 1 aromatic carbocycles. The summed E-state index contributed by atoms with van der Waals surface area (Å²) in [5.74, 6) is 0.0856. The summed E-state index contributed by atoms with van der Waals surface area (Å²) in [6.07, 6.45) is 2.26. The molecule has 104 valence electrons. The number of aryl methyl sites for hydroxylation is 2. The van der Waals surface area contributed by atoms with E-state index >= 15 is 0 Å². The fraction of sp³-hybridized carbons (Fsp3) is 0.562. The first-order chi connectivity index (χ1) is 8.94. The molecule has 0 aliphatic heterocycles. The van der Waals surface area contributed by atoms with Gasteiger partial charge >= 0.3 is 0 Å². The molecule has 19 heavy (non-hydrogen) atoms. The van der Waals surface area contributed by atoms with E-state index in [1.807, 2.05) is 13.8 Å². The van der Waals surface area contributed by atoms with Gasteiger partial charge in [0.1, 0.15) is 0 Å². The summed E-state index contributed by atoms with van der Waals surface area (Å²) in [6, 6.07) is 7.07. The molecule has 1 unspecified atom stereocenters. The molecule has 0 bridgehead atoms. The zero-order valence-corrected chi connectivity index (χ0v) is 12.3. The van der Waals surface area contributed by atoms with Crippen LogP contribution >= 0.6 is 0 Å². The Balaban J connectivity index is 2.04. The Kier molecular flexibility index (Phi) is 3.95. The number of fused-ring (bicyclic) bond motifs is 1. The number of nitrogens with one attached hydrogen (secondary N) is 2. The Morgan fingerprint density at radius 3 is 2.84 bits per heavy atom. The van der Waals surface area contributed by atoms with Crippen LogP contribution in [0.2, 0.25) is 0 Å². The zero-order chi connectivity index (χ0) is 14.0. The Bertz CT molecular complexity index is 480. The predicted molar refractivity (Wildman–Crippen MR) is 78.1 cm³/mol. The normalized spacial score (nSPS) is 18.2. The molecule has 1 atom stereocenters. The maximum Gasteiger partial charge on any atom is 0.226 e. The van der Waals surface area contributed by atoms with Crippen molar-refractivity contribution in [2.45, 2.75) is 39.7 Å². The minimum atomic E-state index is -0.374. The quantitative estimate of drug-likeness (QED) is 0.872. The molecule has 0 fully saturated rings. The van der Waals surface area contributed by atoms with Crippen molar-refractivity contribution < 1.29 is 4.79 Å². The van der Waals surface area contributed by atoms with Gasteiger partial charge < -0.3 is 10.6 Å². The van der Waals surface area contributed by atoms with Gasteiger partial charge in [0.05, 0.1) is 5.41 Å². The first-order valence-electron chi connectivity index (χ1n) is 6.99. The molecule has 0 heterocycles. The van der Waals surface area contributed by atoms with Crippen molar-refractivity contribution in [1.29, 1.82) is 0 Å². The monoisotopic (exact) mass is 260 g/mol. The highest BCUT2D eigenvalue weighted by Gasteiger charge is 2.29. The third-order valence-corrected chi connectivity index (χ3v) is 4.01. The van der Waals surface area contributed by atoms with E-state index in [0.717, 1.165) is 12.8 Å². The second kappa shape index (κ2) is 5.33. The Labute approximate surface area is 115 Å². The van der Waals surface area contributed by atoms with Gasteiger partial charge in [0, 0.05) is 19.6 Å². The number of carbonyl (C=O) groups excluding carboxylic acids is 1. The Morgan fingerprint density at radius 1 is 1.42 bits per heavy atom. The van der Waals surface area contributed by atoms with Crippen molar-refractivity contribution in [3.63, 3.8) is 0 Å². The molecule has 1 aromatic rings. The summed E-state index contributed by atoms with van der Waals surface area (Å²) >= 11 is 0. The van der Waals surface area contributed by atoms with Gasteiger partial charge in [0.2, 0.25) is 5.91 Å². The number of amides is 1. The molecule has 0 saturated heterocycles. The van der Waals surface area contributed by atoms with E-state index in [-0.39, 0.29) is 11.3 Å². The largest absolute Gasteiger partial charge is 0.359 e. The predicted octanol–water partition coefficient (Wildman–Crippen LogP) is 2.34. The first-order valence-corrected chi connectivity index (χ1v) is 6.99. The summed E-state index contributed by atoms with van der Waals surface area (Å²) in [4.78, 5) is 11.8. The third kappa shape index (κ3) is 2.98. The molecule has 2 N–H and O–H groups in total. The Morgan fingerprint density at radius 2 is 2.16 bits per heavy atom. The third-order valence-electron chi connectivity index (χ3n) is 4.01. The number of benzene rings is 1. The SMILES string of the molecule is CNC(=O)C(C)(C)CNC1CCc2ccc(C)cc21. The number of rotatable bonds is 4. The molecule has 1 aliphatic rings. The molecule has 0 spiro atoms. The van der Waals surface area contributed by atoms with Crippen LogP contribution < -0.4 is 10.6 Å². The van der Waals surface area contributed by atoms with E-state index in [4.69, 9.17) is 0 Å². The van der Waals surface area contributed by atoms with Gasteiger partial charge in [0.15, 0.2) is 0 Å². The lowest BCUT2D eigenvalue weighted by Crippen LogP contribution is -2.42. The summed E-state index contributed by atoms with van der Waals surface area (Å²) in [5.41, 5.74) is 3.79. The molecule has 1 amide bonds. The van der Waals surface area contributed by atoms with E-state index in [0.29, 0.717) is 12.6 Å². The van der Waals surface area contributed by atoms with Crippen molar-refractivity contribution in [1.82, 2.24) is 10.6 Å². The van der Waals surface area contributed by atoms with E-state index in [1.165, 1.54) is 16.7 Å². The van der Waals surface area contributed by atoms with Crippen LogP contribution in [-0.4, -0.2) is 19.5 Å². The smallest absolute Gasteiger partial charge is 0.226 e. The summed E-state index contributed by atoms with van der Waals surface area (Å²) in [7, 11) is 1.69. The van der Waals surface area contributed by atoms with E-state index < -0.39 is 0 Å². The molecule has 0 aromatic heterocycles. The molecule has 3 heteroatoms. The van der Waals surface area contributed by atoms with Gasteiger partial charge in [-0.05, 0) is 44.7 Å². The molecule has 3 nitrogen and oxygen atoms in total. The Hall–Kier alpha value is -1.35. The molecule has 1 aliphatic carbocycles. The highest BCUT2D eigenvalue weighted by Crippen LogP contribution is 2.32. The van der Waals surface area contributed by atoms with Gasteiger partial charge in [-0.3, -0.25) is 4.79 Å². The van der Waals surface area contributed by atoms with E-state index in [1.54, 1.807) is 7.05 Å². The lowest BCUT2D eigenvalue weighted by atomic mass is 9.91. The van der Waals surface area contributed by atoms with E-state index in [9.17, 15) is 4.79 Å². The average Bonchev–Trinajstić information content (AvgIpc) is 2.77. The van der Waals surface area contributed by atoms with Crippen molar-refractivity contribution in [3.05, 3.63) is 34.9 Å². The van der Waals surface area contributed by atoms with Crippen molar-refractivity contribution in [2.24, 2.45) is 5.41 Å². The zero-order valence-electron chi connectivity index (χ0n) is 12.3. The van der Waals surface area contributed by atoms with Gasteiger partial charge in [-0.2, -0.15) is 0 Å². The van der Waals surface area contributed by atoms with Gasteiger partial charge in [-0.15, -0.1) is 0 Å². The average molecular weight is 260 g/mol. The highest BCUT2D eigenvalue weighted by molar-refractivity contribution is 5.81. The molecular formula is C16H24N2O. The first kappa shape index (κ1) is 14.1.